The van der Waals surface area contributed by atoms with E-state index < -0.39 is 11.9 Å². The molecule has 0 spiro atoms. The molecule has 0 bridgehead atoms. The van der Waals surface area contributed by atoms with Gasteiger partial charge >= 0.3 is 11.9 Å². The molecule has 1 saturated heterocycles. The van der Waals surface area contributed by atoms with Crippen LogP contribution in [0.5, 0.6) is 5.75 Å². The van der Waals surface area contributed by atoms with Crippen LogP contribution >= 0.6 is 11.8 Å². The van der Waals surface area contributed by atoms with Crippen LogP contribution in [-0.2, 0) is 36.8 Å². The van der Waals surface area contributed by atoms with Crippen molar-refractivity contribution in [3.05, 3.63) is 68.9 Å². The third kappa shape index (κ3) is 5.58. The molecule has 3 aliphatic rings. The molecule has 1 aliphatic carbocycles. The molecular weight excluding hydrogens is 580 g/mol. The number of fused-ring (bicyclic) bond motifs is 6. The number of hydrogen-bond donors (Lipinski definition) is 3. The number of nitro benzene ring substituents is 1. The molecule has 0 saturated carbocycles. The van der Waals surface area contributed by atoms with Gasteiger partial charge in [-0.25, -0.2) is 4.79 Å². The molecule has 14 heteroatoms. The lowest BCUT2D eigenvalue weighted by atomic mass is 9.88. The van der Waals surface area contributed by atoms with Crippen LogP contribution in [0.1, 0.15) is 18.1 Å². The van der Waals surface area contributed by atoms with E-state index in [1.807, 2.05) is 24.3 Å². The van der Waals surface area contributed by atoms with Crippen LogP contribution in [0.3, 0.4) is 0 Å². The number of likely N-dealkylation sites (N-methyl/N-ethyl adjacent to an activating group) is 1. The highest BCUT2D eigenvalue weighted by Crippen LogP contribution is 2.42. The molecule has 3 heterocycles. The lowest BCUT2D eigenvalue weighted by Gasteiger charge is -2.49. The zero-order chi connectivity index (χ0) is 30.8. The molecular formula is C29H28N4O9S. The molecule has 2 aromatic carbocycles. The topological polar surface area (TPSA) is 181 Å². The number of aryl methyl sites for hydroxylation is 2. The second-order valence-electron chi connectivity index (χ2n) is 9.95. The number of carbonyl (C=O) groups is 4. The zero-order valence-electron chi connectivity index (χ0n) is 23.2. The van der Waals surface area contributed by atoms with Crippen molar-refractivity contribution in [3.63, 3.8) is 0 Å². The van der Waals surface area contributed by atoms with Crippen molar-refractivity contribution in [1.29, 1.82) is 0 Å². The number of ether oxygens (including phenoxy) is 2. The van der Waals surface area contributed by atoms with Crippen LogP contribution in [-0.4, -0.2) is 81.5 Å². The molecule has 13 nitrogen and oxygen atoms in total. The lowest BCUT2D eigenvalue weighted by molar-refractivity contribution is -0.383. The number of aliphatic carboxylic acids is 1. The summed E-state index contributed by atoms with van der Waals surface area (Å²) in [7, 11) is 1.67. The summed E-state index contributed by atoms with van der Waals surface area (Å²) in [6, 6.07) is 10.4. The predicted molar refractivity (Wildman–Crippen MR) is 157 cm³/mol. The van der Waals surface area contributed by atoms with Crippen molar-refractivity contribution in [2.75, 3.05) is 26.0 Å². The molecule has 2 atom stereocenters. The molecule has 2 unspecified atom stereocenters. The number of β-lactam (4-membered cyclic amide) rings is 1. The number of thioether (sulfide) groups is 1. The van der Waals surface area contributed by atoms with Crippen LogP contribution in [0.2, 0.25) is 0 Å². The van der Waals surface area contributed by atoms with Gasteiger partial charge in [0.1, 0.15) is 36.1 Å². The van der Waals surface area contributed by atoms with E-state index in [0.717, 1.165) is 40.7 Å². The number of aldehydes is 1. The average Bonchev–Trinajstić information content (AvgIpc) is 3.38. The average molecular weight is 609 g/mol. The largest absolute Gasteiger partial charge is 0.486 e. The first-order valence-electron chi connectivity index (χ1n) is 13.3. The smallest absolute Gasteiger partial charge is 0.352 e. The summed E-state index contributed by atoms with van der Waals surface area (Å²) >= 11 is 1.46. The van der Waals surface area contributed by atoms with Crippen molar-refractivity contribution < 1.29 is 38.7 Å². The van der Waals surface area contributed by atoms with Gasteiger partial charge in [-0.05, 0) is 55.3 Å². The van der Waals surface area contributed by atoms with Gasteiger partial charge in [0, 0.05) is 29.9 Å². The number of benzene rings is 2. The van der Waals surface area contributed by atoms with Crippen molar-refractivity contribution >= 4 is 52.5 Å². The second kappa shape index (κ2) is 12.3. The van der Waals surface area contributed by atoms with Gasteiger partial charge in [0.15, 0.2) is 6.29 Å². The Hall–Kier alpha value is -4.69. The fourth-order valence-electron chi connectivity index (χ4n) is 5.55. The van der Waals surface area contributed by atoms with Crippen LogP contribution < -0.4 is 10.1 Å². The number of nitrogens with one attached hydrogen (secondary N) is 2. The number of nitro groups is 1. The summed E-state index contributed by atoms with van der Waals surface area (Å²) in [5.74, 6) is -0.826. The Morgan fingerprint density at radius 1 is 1.28 bits per heavy atom. The van der Waals surface area contributed by atoms with E-state index in [9.17, 15) is 34.4 Å². The molecule has 3 aromatic rings. The monoisotopic (exact) mass is 608 g/mol. The first-order valence-corrected chi connectivity index (χ1v) is 14.4. The van der Waals surface area contributed by atoms with E-state index in [4.69, 9.17) is 9.47 Å². The number of aromatic nitrogens is 1. The number of carboxylic acids is 1. The number of H-pyrrole nitrogens is 1. The van der Waals surface area contributed by atoms with E-state index in [1.54, 1.807) is 19.2 Å². The number of aromatic amines is 1. The SMILES string of the molecule is CNC1C(=O)N2C(C(=O)O)=C(COC(C)=O)CSC12.O=CCOc1ccc2c(c1)CCc1c-2[nH]c2cccc([N+](=O)[O-])c12. The van der Waals surface area contributed by atoms with E-state index in [-0.39, 0.29) is 46.8 Å². The fourth-order valence-corrected chi connectivity index (χ4v) is 6.94. The Morgan fingerprint density at radius 2 is 2.07 bits per heavy atom. The van der Waals surface area contributed by atoms with Crippen molar-refractivity contribution in [3.8, 4) is 17.0 Å². The number of amides is 1. The van der Waals surface area contributed by atoms with Gasteiger partial charge in [0.2, 0.25) is 5.91 Å². The molecule has 6 rings (SSSR count). The maximum atomic E-state index is 11.9. The number of carboxylic acid groups (broad SMARTS) is 1. The molecule has 224 valence electrons. The number of nitrogens with zero attached hydrogens (tertiary/aromatic N) is 2. The number of rotatable bonds is 8. The molecule has 1 fully saturated rings. The van der Waals surface area contributed by atoms with Crippen LogP contribution in [0.4, 0.5) is 5.69 Å². The van der Waals surface area contributed by atoms with Gasteiger partial charge in [-0.2, -0.15) is 0 Å². The Kier molecular flexibility index (Phi) is 8.50. The summed E-state index contributed by atoms with van der Waals surface area (Å²) in [5, 5.41) is 23.9. The number of hydrogen-bond acceptors (Lipinski definition) is 10. The Balaban J connectivity index is 0.000000177. The minimum Gasteiger partial charge on any atom is -0.486 e. The maximum Gasteiger partial charge on any atom is 0.352 e. The second-order valence-corrected chi connectivity index (χ2v) is 11.1. The molecule has 1 aromatic heterocycles. The van der Waals surface area contributed by atoms with Gasteiger partial charge in [-0.3, -0.25) is 29.4 Å². The van der Waals surface area contributed by atoms with Crippen LogP contribution in [0.25, 0.3) is 22.2 Å². The molecule has 2 aliphatic heterocycles. The standard InChI is InChI=1S/C18H14N2O4.C11H14N2O5S/c21-8-9-24-12-5-7-13-11(10-12)4-6-14-17-15(19-18(13)14)2-1-3-16(17)20(22)23;1-5(14)18-3-6-4-19-10-7(12-2)9(15)13(10)8(6)11(16)17/h1-3,5,7-8,10,19H,4,6,9H2;7,10,12H,3-4H2,1-2H3,(H,16,17). The molecule has 3 N–H and O–H groups in total. The summed E-state index contributed by atoms with van der Waals surface area (Å²) in [4.78, 5) is 60.0. The minimum atomic E-state index is -1.17. The lowest BCUT2D eigenvalue weighted by Crippen LogP contribution is -2.69. The van der Waals surface area contributed by atoms with Gasteiger partial charge in [-0.1, -0.05) is 6.07 Å². The molecule has 1 amide bonds. The Bertz CT molecular complexity index is 1680. The van der Waals surface area contributed by atoms with E-state index in [2.05, 4.69) is 10.3 Å². The number of carbonyl (C=O) groups excluding carboxylic acids is 3. The van der Waals surface area contributed by atoms with E-state index >= 15 is 0 Å². The third-order valence-electron chi connectivity index (χ3n) is 7.42. The summed E-state index contributed by atoms with van der Waals surface area (Å²) in [6.07, 6.45) is 2.22. The summed E-state index contributed by atoms with van der Waals surface area (Å²) < 4.78 is 10.2. The van der Waals surface area contributed by atoms with E-state index in [0.29, 0.717) is 28.7 Å². The quantitative estimate of drug-likeness (QED) is 0.112. The van der Waals surface area contributed by atoms with Gasteiger partial charge in [-0.15, -0.1) is 11.8 Å². The van der Waals surface area contributed by atoms with Crippen LogP contribution in [0.15, 0.2) is 47.7 Å². The fraction of sp³-hybridized carbons (Fsp3) is 0.310. The van der Waals surface area contributed by atoms with Crippen molar-refractivity contribution in [2.24, 2.45) is 0 Å². The maximum absolute atomic E-state index is 11.9. The van der Waals surface area contributed by atoms with Crippen molar-refractivity contribution in [2.45, 2.75) is 31.2 Å². The number of esters is 1. The van der Waals surface area contributed by atoms with E-state index in [1.165, 1.54) is 23.6 Å². The summed E-state index contributed by atoms with van der Waals surface area (Å²) in [5.41, 5.74) is 5.38. The normalized spacial score (nSPS) is 18.4. The first kappa shape index (κ1) is 29.8. The highest BCUT2D eigenvalue weighted by Gasteiger charge is 2.52. The van der Waals surface area contributed by atoms with Gasteiger partial charge < -0.3 is 24.9 Å². The third-order valence-corrected chi connectivity index (χ3v) is 8.76. The molecule has 43 heavy (non-hydrogen) atoms. The Morgan fingerprint density at radius 3 is 2.74 bits per heavy atom. The highest BCUT2D eigenvalue weighted by molar-refractivity contribution is 8.00. The predicted octanol–water partition coefficient (Wildman–Crippen LogP) is 2.81. The summed E-state index contributed by atoms with van der Waals surface area (Å²) in [6.45, 7) is 1.19. The highest BCUT2D eigenvalue weighted by atomic mass is 32.2. The molecule has 0 radical (unpaired) electrons. The number of non-ortho nitro benzene ring substituents is 1. The van der Waals surface area contributed by atoms with Crippen molar-refractivity contribution in [1.82, 2.24) is 15.2 Å². The van der Waals surface area contributed by atoms with Gasteiger partial charge in [0.05, 0.1) is 21.5 Å². The first-order chi connectivity index (χ1) is 20.7. The van der Waals surface area contributed by atoms with Crippen LogP contribution in [0, 0.1) is 10.1 Å². The Labute approximate surface area is 249 Å². The zero-order valence-corrected chi connectivity index (χ0v) is 24.1. The van der Waals surface area contributed by atoms with Gasteiger partial charge in [0.25, 0.3) is 5.69 Å². The minimum absolute atomic E-state index is 0.0304.